The summed E-state index contributed by atoms with van der Waals surface area (Å²) in [4.78, 5) is 25.8. The Balaban J connectivity index is 1.92. The Hall–Kier alpha value is -2.11. The largest absolute Gasteiger partial charge is 0.349 e. The maximum Gasteiger partial charge on any atom is 0.287 e. The smallest absolute Gasteiger partial charge is 0.287 e. The molecule has 0 radical (unpaired) electrons. The Morgan fingerprint density at radius 2 is 1.93 bits per heavy atom. The van der Waals surface area contributed by atoms with E-state index in [1.54, 1.807) is 6.20 Å². The van der Waals surface area contributed by atoms with Crippen LogP contribution in [0.15, 0.2) is 17.1 Å². The Morgan fingerprint density at radius 3 is 2.59 bits per heavy atom. The lowest BCUT2D eigenvalue weighted by atomic mass is 10.1. The van der Waals surface area contributed by atoms with Crippen molar-refractivity contribution in [1.82, 2.24) is 19.5 Å². The third-order valence-corrected chi connectivity index (χ3v) is 5.54. The number of unbranched alkanes of at least 4 members (excludes halogenated alkanes) is 2. The number of aromatic nitrogens is 3. The van der Waals surface area contributed by atoms with Crippen LogP contribution < -0.4 is 10.9 Å². The molecule has 0 spiro atoms. The fourth-order valence-electron chi connectivity index (χ4n) is 3.89. The van der Waals surface area contributed by atoms with Crippen molar-refractivity contribution in [3.8, 4) is 0 Å². The van der Waals surface area contributed by atoms with E-state index in [1.807, 2.05) is 17.6 Å². The average Bonchev–Trinajstić information content (AvgIpc) is 2.95. The van der Waals surface area contributed by atoms with Gasteiger partial charge >= 0.3 is 0 Å². The number of nitrogens with one attached hydrogen (secondary N) is 1. The van der Waals surface area contributed by atoms with E-state index in [2.05, 4.69) is 17.3 Å². The number of aryl methyl sites for hydroxylation is 2. The maximum absolute atomic E-state index is 12.9. The highest BCUT2D eigenvalue weighted by molar-refractivity contribution is 5.94. The number of hydrogen-bond donors (Lipinski definition) is 1. The SMILES string of the molecule is CCCCCn1cc(C(=O)NC2CCCCCC2)c(=O)n2nc(CC)cc12. The molecule has 0 aromatic carbocycles. The van der Waals surface area contributed by atoms with Gasteiger partial charge in [0.1, 0.15) is 11.2 Å². The molecule has 1 saturated carbocycles. The van der Waals surface area contributed by atoms with Crippen molar-refractivity contribution in [2.45, 2.75) is 90.6 Å². The van der Waals surface area contributed by atoms with Gasteiger partial charge in [-0.1, -0.05) is 52.4 Å². The highest BCUT2D eigenvalue weighted by atomic mass is 16.2. The first-order valence-electron chi connectivity index (χ1n) is 10.6. The van der Waals surface area contributed by atoms with Gasteiger partial charge in [0.2, 0.25) is 0 Å². The molecule has 1 aliphatic rings. The van der Waals surface area contributed by atoms with E-state index in [9.17, 15) is 9.59 Å². The van der Waals surface area contributed by atoms with Crippen LogP contribution in [0.1, 0.15) is 87.7 Å². The highest BCUT2D eigenvalue weighted by Gasteiger charge is 2.21. The van der Waals surface area contributed by atoms with Gasteiger partial charge in [0.15, 0.2) is 0 Å². The van der Waals surface area contributed by atoms with Gasteiger partial charge in [0, 0.05) is 24.8 Å². The molecule has 2 heterocycles. The van der Waals surface area contributed by atoms with Crippen molar-refractivity contribution in [2.75, 3.05) is 0 Å². The zero-order chi connectivity index (χ0) is 19.2. The molecule has 1 N–H and O–H groups in total. The molecule has 1 fully saturated rings. The fourth-order valence-corrected chi connectivity index (χ4v) is 3.89. The number of nitrogens with zero attached hydrogens (tertiary/aromatic N) is 3. The number of carbonyl (C=O) groups excluding carboxylic acids is 1. The van der Waals surface area contributed by atoms with Crippen LogP contribution in [0.25, 0.3) is 5.65 Å². The van der Waals surface area contributed by atoms with Crippen LogP contribution in [0.2, 0.25) is 0 Å². The lowest BCUT2D eigenvalue weighted by Gasteiger charge is -2.17. The maximum atomic E-state index is 12.9. The molecule has 1 aliphatic carbocycles. The lowest BCUT2D eigenvalue weighted by molar-refractivity contribution is 0.0930. The molecule has 2 aromatic heterocycles. The molecule has 3 rings (SSSR count). The molecule has 1 amide bonds. The minimum absolute atomic E-state index is 0.174. The molecule has 2 aromatic rings. The lowest BCUT2D eigenvalue weighted by Crippen LogP contribution is -2.38. The molecule has 0 aliphatic heterocycles. The summed E-state index contributed by atoms with van der Waals surface area (Å²) in [5.74, 6) is -0.258. The second-order valence-electron chi connectivity index (χ2n) is 7.67. The number of fused-ring (bicyclic) bond motifs is 1. The van der Waals surface area contributed by atoms with Gasteiger partial charge in [-0.15, -0.1) is 0 Å². The average molecular weight is 373 g/mol. The molecule has 0 bridgehead atoms. The van der Waals surface area contributed by atoms with Crippen molar-refractivity contribution in [2.24, 2.45) is 0 Å². The summed E-state index contributed by atoms with van der Waals surface area (Å²) >= 11 is 0. The number of hydrogen-bond acceptors (Lipinski definition) is 3. The minimum atomic E-state index is -0.317. The molecular weight excluding hydrogens is 340 g/mol. The van der Waals surface area contributed by atoms with Gasteiger partial charge in [0.25, 0.3) is 11.5 Å². The standard InChI is InChI=1S/C21H32N4O2/c1-3-5-10-13-24-15-18(20(26)22-17-11-8-6-7-9-12-17)21(27)25-19(24)14-16(4-2)23-25/h14-15,17H,3-13H2,1-2H3,(H,22,26). The molecule has 0 saturated heterocycles. The van der Waals surface area contributed by atoms with E-state index in [-0.39, 0.29) is 23.1 Å². The van der Waals surface area contributed by atoms with E-state index in [1.165, 1.54) is 17.4 Å². The van der Waals surface area contributed by atoms with Crippen LogP contribution in [0.4, 0.5) is 0 Å². The fraction of sp³-hybridized carbons (Fsp3) is 0.667. The van der Waals surface area contributed by atoms with Crippen LogP contribution in [0.5, 0.6) is 0 Å². The zero-order valence-corrected chi connectivity index (χ0v) is 16.7. The van der Waals surface area contributed by atoms with Crippen molar-refractivity contribution in [3.63, 3.8) is 0 Å². The molecule has 6 heteroatoms. The van der Waals surface area contributed by atoms with Crippen molar-refractivity contribution >= 4 is 11.6 Å². The van der Waals surface area contributed by atoms with Gasteiger partial charge in [0.05, 0.1) is 5.69 Å². The van der Waals surface area contributed by atoms with Gasteiger partial charge < -0.3 is 9.88 Å². The minimum Gasteiger partial charge on any atom is -0.349 e. The van der Waals surface area contributed by atoms with Crippen LogP contribution in [0, 0.1) is 0 Å². The Kier molecular flexibility index (Phi) is 6.69. The molecule has 0 atom stereocenters. The summed E-state index contributed by atoms with van der Waals surface area (Å²) in [6.07, 6.45) is 12.5. The van der Waals surface area contributed by atoms with Crippen LogP contribution in [-0.4, -0.2) is 26.1 Å². The van der Waals surface area contributed by atoms with E-state index < -0.39 is 0 Å². The predicted molar refractivity (Wildman–Crippen MR) is 107 cm³/mol. The van der Waals surface area contributed by atoms with Crippen molar-refractivity contribution in [1.29, 1.82) is 0 Å². The quantitative estimate of drug-likeness (QED) is 0.595. The summed E-state index contributed by atoms with van der Waals surface area (Å²) in [6.45, 7) is 4.98. The van der Waals surface area contributed by atoms with Crippen molar-refractivity contribution < 1.29 is 4.79 Å². The summed E-state index contributed by atoms with van der Waals surface area (Å²) < 4.78 is 3.43. The first kappa shape index (κ1) is 19.6. The highest BCUT2D eigenvalue weighted by Crippen LogP contribution is 2.17. The Labute approximate surface area is 161 Å². The van der Waals surface area contributed by atoms with Crippen molar-refractivity contribution in [3.05, 3.63) is 33.9 Å². The first-order valence-corrected chi connectivity index (χ1v) is 10.6. The molecule has 148 valence electrons. The van der Waals surface area contributed by atoms with Crippen LogP contribution in [-0.2, 0) is 13.0 Å². The number of carbonyl (C=O) groups is 1. The normalized spacial score (nSPS) is 15.8. The second-order valence-corrected chi connectivity index (χ2v) is 7.67. The summed E-state index contributed by atoms with van der Waals surface area (Å²) in [7, 11) is 0. The van der Waals surface area contributed by atoms with Crippen LogP contribution in [0.3, 0.4) is 0 Å². The van der Waals surface area contributed by atoms with Gasteiger partial charge in [-0.25, -0.2) is 0 Å². The molecular formula is C21H32N4O2. The van der Waals surface area contributed by atoms with E-state index in [4.69, 9.17) is 0 Å². The molecule has 27 heavy (non-hydrogen) atoms. The monoisotopic (exact) mass is 372 g/mol. The van der Waals surface area contributed by atoms with Gasteiger partial charge in [-0.2, -0.15) is 9.61 Å². The topological polar surface area (TPSA) is 68.4 Å². The number of amides is 1. The predicted octanol–water partition coefficient (Wildman–Crippen LogP) is 3.70. The molecule has 6 nitrogen and oxygen atoms in total. The van der Waals surface area contributed by atoms with E-state index in [0.29, 0.717) is 0 Å². The zero-order valence-electron chi connectivity index (χ0n) is 16.7. The third kappa shape index (κ3) is 4.60. The van der Waals surface area contributed by atoms with Crippen LogP contribution >= 0.6 is 0 Å². The summed E-state index contributed by atoms with van der Waals surface area (Å²) in [6, 6.07) is 2.13. The first-order chi connectivity index (χ1) is 13.1. The third-order valence-electron chi connectivity index (χ3n) is 5.54. The van der Waals surface area contributed by atoms with Gasteiger partial charge in [-0.05, 0) is 25.7 Å². The summed E-state index contributed by atoms with van der Waals surface area (Å²) in [5, 5.41) is 7.53. The van der Waals surface area contributed by atoms with Gasteiger partial charge in [-0.3, -0.25) is 9.59 Å². The Morgan fingerprint density at radius 1 is 1.19 bits per heavy atom. The number of rotatable bonds is 7. The Bertz CT molecular complexity index is 829. The second kappa shape index (κ2) is 9.20. The van der Waals surface area contributed by atoms with E-state index >= 15 is 0 Å². The summed E-state index contributed by atoms with van der Waals surface area (Å²) in [5.41, 5.74) is 1.54. The van der Waals surface area contributed by atoms with E-state index in [0.717, 1.165) is 69.3 Å². The molecule has 0 unspecified atom stereocenters.